The largest absolute Gasteiger partial charge is 0.492 e. The predicted octanol–water partition coefficient (Wildman–Crippen LogP) is 3.30. The Labute approximate surface area is 194 Å². The van der Waals surface area contributed by atoms with Crippen LogP contribution in [0.25, 0.3) is 0 Å². The summed E-state index contributed by atoms with van der Waals surface area (Å²) in [6.07, 6.45) is -4.41. The summed E-state index contributed by atoms with van der Waals surface area (Å²) < 4.78 is 45.8. The zero-order valence-corrected chi connectivity index (χ0v) is 18.2. The molecule has 0 spiro atoms. The molecule has 0 saturated carbocycles. The average Bonchev–Trinajstić information content (AvgIpc) is 2.85. The Bertz CT molecular complexity index is 1190. The van der Waals surface area contributed by atoms with Crippen LogP contribution < -0.4 is 15.2 Å². The van der Waals surface area contributed by atoms with Gasteiger partial charge in [-0.1, -0.05) is 24.3 Å². The standard InChI is InChI=1S/C24H23F3N4O3/c25-24(26,27)18-5-4-6-19(17-18)29-11-13-30(14-12-29)23(33)21-9-10-22(32)31(28-21)15-16-34-20-7-2-1-3-8-20/h1-10,17H,11-16H2. The quantitative estimate of drug-likeness (QED) is 0.551. The molecule has 0 atom stereocenters. The number of benzene rings is 2. The Kier molecular flexibility index (Phi) is 6.85. The molecule has 0 radical (unpaired) electrons. The number of ether oxygens (including phenoxy) is 1. The van der Waals surface area contributed by atoms with Crippen LogP contribution in [0, 0.1) is 0 Å². The number of para-hydroxylation sites is 1. The second kappa shape index (κ2) is 9.98. The Morgan fingerprint density at radius 1 is 0.941 bits per heavy atom. The number of anilines is 1. The zero-order valence-electron chi connectivity index (χ0n) is 18.2. The molecule has 1 aliphatic heterocycles. The van der Waals surface area contributed by atoms with Crippen molar-refractivity contribution in [3.8, 4) is 5.75 Å². The van der Waals surface area contributed by atoms with Gasteiger partial charge in [-0.3, -0.25) is 9.59 Å². The van der Waals surface area contributed by atoms with Gasteiger partial charge in [-0.25, -0.2) is 4.68 Å². The van der Waals surface area contributed by atoms with Gasteiger partial charge in [-0.15, -0.1) is 0 Å². The van der Waals surface area contributed by atoms with E-state index in [2.05, 4.69) is 5.10 Å². The molecule has 1 saturated heterocycles. The normalized spacial score (nSPS) is 14.2. The van der Waals surface area contributed by atoms with Crippen molar-refractivity contribution in [2.75, 3.05) is 37.7 Å². The Morgan fingerprint density at radius 2 is 1.68 bits per heavy atom. The lowest BCUT2D eigenvalue weighted by atomic mass is 10.1. The first-order valence-corrected chi connectivity index (χ1v) is 10.8. The zero-order chi connectivity index (χ0) is 24.1. The van der Waals surface area contributed by atoms with Crippen molar-refractivity contribution in [3.05, 3.63) is 88.3 Å². The van der Waals surface area contributed by atoms with Gasteiger partial charge in [0.15, 0.2) is 0 Å². The monoisotopic (exact) mass is 472 g/mol. The molecular weight excluding hydrogens is 449 g/mol. The number of nitrogens with zero attached hydrogens (tertiary/aromatic N) is 4. The summed E-state index contributed by atoms with van der Waals surface area (Å²) in [6, 6.07) is 17.0. The van der Waals surface area contributed by atoms with Gasteiger partial charge in [0.05, 0.1) is 12.1 Å². The van der Waals surface area contributed by atoms with Gasteiger partial charge in [0.1, 0.15) is 18.1 Å². The van der Waals surface area contributed by atoms with Gasteiger partial charge in [0.25, 0.3) is 11.5 Å². The molecule has 0 N–H and O–H groups in total. The molecule has 34 heavy (non-hydrogen) atoms. The first kappa shape index (κ1) is 23.3. The second-order valence-corrected chi connectivity index (χ2v) is 7.77. The third-order valence-electron chi connectivity index (χ3n) is 5.51. The number of carbonyl (C=O) groups excluding carboxylic acids is 1. The smallest absolute Gasteiger partial charge is 0.416 e. The summed E-state index contributed by atoms with van der Waals surface area (Å²) in [5.74, 6) is 0.336. The van der Waals surface area contributed by atoms with Crippen molar-refractivity contribution in [2.24, 2.45) is 0 Å². The third kappa shape index (κ3) is 5.56. The van der Waals surface area contributed by atoms with E-state index >= 15 is 0 Å². The Hall–Kier alpha value is -3.82. The Balaban J connectivity index is 1.36. The summed E-state index contributed by atoms with van der Waals surface area (Å²) in [5.41, 5.74) is -0.451. The SMILES string of the molecule is O=C(c1ccc(=O)n(CCOc2ccccc2)n1)N1CCN(c2cccc(C(F)(F)F)c2)CC1. The molecule has 1 fully saturated rings. The predicted molar refractivity (Wildman–Crippen MR) is 120 cm³/mol. The van der Waals surface area contributed by atoms with Crippen LogP contribution in [0.15, 0.2) is 71.5 Å². The first-order valence-electron chi connectivity index (χ1n) is 10.8. The molecule has 2 heterocycles. The van der Waals surface area contributed by atoms with Crippen LogP contribution in [-0.4, -0.2) is 53.4 Å². The molecule has 4 rings (SSSR count). The topological polar surface area (TPSA) is 67.7 Å². The molecule has 178 valence electrons. The van der Waals surface area contributed by atoms with Crippen LogP contribution in [0.1, 0.15) is 16.1 Å². The highest BCUT2D eigenvalue weighted by atomic mass is 19.4. The minimum absolute atomic E-state index is 0.131. The van der Waals surface area contributed by atoms with Crippen LogP contribution in [-0.2, 0) is 12.7 Å². The molecule has 7 nitrogen and oxygen atoms in total. The first-order chi connectivity index (χ1) is 16.3. The van der Waals surface area contributed by atoms with Crippen LogP contribution in [0.5, 0.6) is 5.75 Å². The van der Waals surface area contributed by atoms with E-state index in [1.807, 2.05) is 23.1 Å². The lowest BCUT2D eigenvalue weighted by Crippen LogP contribution is -2.49. The lowest BCUT2D eigenvalue weighted by molar-refractivity contribution is -0.137. The number of hydrogen-bond donors (Lipinski definition) is 0. The molecule has 10 heteroatoms. The van der Waals surface area contributed by atoms with E-state index in [9.17, 15) is 22.8 Å². The van der Waals surface area contributed by atoms with Crippen LogP contribution >= 0.6 is 0 Å². The van der Waals surface area contributed by atoms with Gasteiger partial charge in [0.2, 0.25) is 0 Å². The molecule has 1 aromatic heterocycles. The lowest BCUT2D eigenvalue weighted by Gasteiger charge is -2.36. The van der Waals surface area contributed by atoms with Crippen molar-refractivity contribution in [2.45, 2.75) is 12.7 Å². The highest BCUT2D eigenvalue weighted by Gasteiger charge is 2.31. The summed E-state index contributed by atoms with van der Waals surface area (Å²) >= 11 is 0. The van der Waals surface area contributed by atoms with Gasteiger partial charge >= 0.3 is 6.18 Å². The summed E-state index contributed by atoms with van der Waals surface area (Å²) in [6.45, 7) is 1.82. The number of carbonyl (C=O) groups is 1. The van der Waals surface area contributed by atoms with Crippen molar-refractivity contribution in [3.63, 3.8) is 0 Å². The molecule has 1 aliphatic rings. The summed E-state index contributed by atoms with van der Waals surface area (Å²) in [4.78, 5) is 28.5. The Morgan fingerprint density at radius 3 is 2.38 bits per heavy atom. The van der Waals surface area contributed by atoms with Gasteiger partial charge in [0, 0.05) is 37.9 Å². The van der Waals surface area contributed by atoms with Crippen molar-refractivity contribution >= 4 is 11.6 Å². The average molecular weight is 472 g/mol. The van der Waals surface area contributed by atoms with Crippen molar-refractivity contribution < 1.29 is 22.7 Å². The number of halogens is 3. The van der Waals surface area contributed by atoms with Gasteiger partial charge in [-0.05, 0) is 36.4 Å². The van der Waals surface area contributed by atoms with E-state index in [1.54, 1.807) is 23.1 Å². The molecule has 2 aromatic carbocycles. The minimum Gasteiger partial charge on any atom is -0.492 e. The fourth-order valence-corrected chi connectivity index (χ4v) is 3.70. The van der Waals surface area contributed by atoms with E-state index in [4.69, 9.17) is 4.74 Å². The maximum atomic E-state index is 13.0. The summed E-state index contributed by atoms with van der Waals surface area (Å²) in [7, 11) is 0. The number of amides is 1. The highest BCUT2D eigenvalue weighted by Crippen LogP contribution is 2.31. The number of alkyl halides is 3. The van der Waals surface area contributed by atoms with E-state index in [-0.39, 0.29) is 30.3 Å². The van der Waals surface area contributed by atoms with Crippen molar-refractivity contribution in [1.82, 2.24) is 14.7 Å². The number of aromatic nitrogens is 2. The molecule has 0 bridgehead atoms. The van der Waals surface area contributed by atoms with E-state index in [0.29, 0.717) is 37.6 Å². The second-order valence-electron chi connectivity index (χ2n) is 7.77. The van der Waals surface area contributed by atoms with E-state index in [0.717, 1.165) is 12.1 Å². The van der Waals surface area contributed by atoms with Crippen LogP contribution in [0.3, 0.4) is 0 Å². The molecule has 1 amide bonds. The fourth-order valence-electron chi connectivity index (χ4n) is 3.70. The van der Waals surface area contributed by atoms with Crippen LogP contribution in [0.4, 0.5) is 18.9 Å². The maximum absolute atomic E-state index is 13.0. The maximum Gasteiger partial charge on any atom is 0.416 e. The summed E-state index contributed by atoms with van der Waals surface area (Å²) in [5, 5.41) is 4.19. The fraction of sp³-hybridized carbons (Fsp3) is 0.292. The molecule has 3 aromatic rings. The molecule has 0 unspecified atom stereocenters. The number of rotatable bonds is 6. The van der Waals surface area contributed by atoms with Gasteiger partial charge < -0.3 is 14.5 Å². The van der Waals surface area contributed by atoms with Gasteiger partial charge in [-0.2, -0.15) is 18.3 Å². The number of hydrogen-bond acceptors (Lipinski definition) is 5. The number of piperazine rings is 1. The van der Waals surface area contributed by atoms with Crippen molar-refractivity contribution in [1.29, 1.82) is 0 Å². The van der Waals surface area contributed by atoms with Crippen LogP contribution in [0.2, 0.25) is 0 Å². The third-order valence-corrected chi connectivity index (χ3v) is 5.51. The molecule has 0 aliphatic carbocycles. The van der Waals surface area contributed by atoms with E-state index in [1.165, 1.54) is 22.9 Å². The highest BCUT2D eigenvalue weighted by molar-refractivity contribution is 5.92. The minimum atomic E-state index is -4.41. The van der Waals surface area contributed by atoms with E-state index < -0.39 is 11.7 Å². The molecular formula is C24H23F3N4O3.